The van der Waals surface area contributed by atoms with Crippen LogP contribution in [0.4, 0.5) is 18.9 Å². The van der Waals surface area contributed by atoms with E-state index in [0.717, 1.165) is 6.07 Å². The highest BCUT2D eigenvalue weighted by molar-refractivity contribution is 6.32. The summed E-state index contributed by atoms with van der Waals surface area (Å²) in [5.74, 6) is 0.140. The third-order valence-electron chi connectivity index (χ3n) is 3.77. The minimum Gasteiger partial charge on any atom is -0.497 e. The Labute approximate surface area is 162 Å². The second kappa shape index (κ2) is 7.81. The van der Waals surface area contributed by atoms with Crippen molar-refractivity contribution < 1.29 is 22.7 Å². The predicted octanol–water partition coefficient (Wildman–Crippen LogP) is 4.31. The largest absolute Gasteiger partial charge is 0.497 e. The van der Waals surface area contributed by atoms with Gasteiger partial charge >= 0.3 is 6.18 Å². The number of methoxy groups -OCH3 is 1. The highest BCUT2D eigenvalue weighted by atomic mass is 35.5. The van der Waals surface area contributed by atoms with Gasteiger partial charge in [-0.05, 0) is 42.5 Å². The van der Waals surface area contributed by atoms with Crippen LogP contribution in [0.25, 0.3) is 5.82 Å². The Morgan fingerprint density at radius 2 is 1.93 bits per heavy atom. The molecule has 146 valence electrons. The van der Waals surface area contributed by atoms with Crippen molar-refractivity contribution in [2.24, 2.45) is 0 Å². The van der Waals surface area contributed by atoms with Crippen LogP contribution in [0.2, 0.25) is 5.02 Å². The van der Waals surface area contributed by atoms with Gasteiger partial charge in [0.25, 0.3) is 5.91 Å². The van der Waals surface area contributed by atoms with Crippen LogP contribution in [0.15, 0.2) is 54.9 Å². The number of nitrogens with one attached hydrogen (secondary N) is 2. The fourth-order valence-corrected chi connectivity index (χ4v) is 2.64. The zero-order chi connectivity index (χ0) is 20.3. The first-order valence-corrected chi connectivity index (χ1v) is 8.28. The van der Waals surface area contributed by atoms with Gasteiger partial charge in [0, 0.05) is 12.4 Å². The lowest BCUT2D eigenvalue weighted by atomic mass is 10.2. The van der Waals surface area contributed by atoms with E-state index in [1.807, 2.05) is 0 Å². The second-order valence-corrected chi connectivity index (χ2v) is 6.01. The third kappa shape index (κ3) is 4.20. The van der Waals surface area contributed by atoms with E-state index in [9.17, 15) is 18.0 Å². The van der Waals surface area contributed by atoms with E-state index in [2.05, 4.69) is 15.8 Å². The van der Waals surface area contributed by atoms with Crippen LogP contribution in [-0.4, -0.2) is 22.6 Å². The number of aromatic nitrogens is 2. The zero-order valence-electron chi connectivity index (χ0n) is 14.4. The highest BCUT2D eigenvalue weighted by Gasteiger charge is 2.32. The molecule has 0 aliphatic rings. The summed E-state index contributed by atoms with van der Waals surface area (Å²) in [7, 11) is 1.54. The first kappa shape index (κ1) is 19.6. The van der Waals surface area contributed by atoms with Crippen LogP contribution >= 0.6 is 11.6 Å². The highest BCUT2D eigenvalue weighted by Crippen LogP contribution is 2.32. The van der Waals surface area contributed by atoms with Crippen molar-refractivity contribution in [3.8, 4) is 11.6 Å². The van der Waals surface area contributed by atoms with Crippen molar-refractivity contribution in [1.29, 1.82) is 0 Å². The molecule has 6 nitrogen and oxygen atoms in total. The molecule has 0 bridgehead atoms. The lowest BCUT2D eigenvalue weighted by Gasteiger charge is -2.13. The van der Waals surface area contributed by atoms with Crippen LogP contribution < -0.4 is 15.6 Å². The molecule has 0 fully saturated rings. The molecule has 0 spiro atoms. The summed E-state index contributed by atoms with van der Waals surface area (Å²) in [6.07, 6.45) is -2.42. The fourth-order valence-electron chi connectivity index (χ4n) is 2.38. The number of carbonyl (C=O) groups is 1. The summed E-state index contributed by atoms with van der Waals surface area (Å²) in [5.41, 5.74) is 5.01. The number of carbonyl (C=O) groups excluding carboxylic acids is 1. The Kier molecular flexibility index (Phi) is 5.46. The number of hydrazine groups is 1. The summed E-state index contributed by atoms with van der Waals surface area (Å²) in [4.78, 5) is 16.2. The number of hydrogen-bond donors (Lipinski definition) is 2. The summed E-state index contributed by atoms with van der Waals surface area (Å²) in [6, 6.07) is 10.6. The van der Waals surface area contributed by atoms with Gasteiger partial charge in [-0.3, -0.25) is 20.2 Å². The molecule has 2 heterocycles. The standard InChI is InChI=1S/C18H14ClF3N4O2/c1-28-13-6-4-12(5-7-13)24-25-17(27)15-3-2-8-26(15)16-14(19)9-11(10-23-16)18(20,21)22/h2-10,24H,1H3,(H,25,27). The normalized spacial score (nSPS) is 11.2. The molecule has 2 aromatic heterocycles. The molecule has 2 N–H and O–H groups in total. The Hall–Kier alpha value is -3.20. The monoisotopic (exact) mass is 410 g/mol. The summed E-state index contributed by atoms with van der Waals surface area (Å²) in [5, 5.41) is -0.233. The van der Waals surface area contributed by atoms with Gasteiger partial charge in [0.05, 0.1) is 23.4 Å². The molecule has 1 amide bonds. The molecular formula is C18H14ClF3N4O2. The van der Waals surface area contributed by atoms with Crippen molar-refractivity contribution in [1.82, 2.24) is 15.0 Å². The van der Waals surface area contributed by atoms with E-state index in [4.69, 9.17) is 16.3 Å². The number of ether oxygens (including phenoxy) is 1. The van der Waals surface area contributed by atoms with Crippen molar-refractivity contribution in [2.45, 2.75) is 6.18 Å². The number of alkyl halides is 3. The third-order valence-corrected chi connectivity index (χ3v) is 4.05. The molecule has 3 aromatic rings. The van der Waals surface area contributed by atoms with Gasteiger partial charge in [-0.25, -0.2) is 4.98 Å². The maximum Gasteiger partial charge on any atom is 0.417 e. The number of rotatable bonds is 5. The van der Waals surface area contributed by atoms with Crippen molar-refractivity contribution in [2.75, 3.05) is 12.5 Å². The Morgan fingerprint density at radius 1 is 1.21 bits per heavy atom. The fraction of sp³-hybridized carbons (Fsp3) is 0.111. The van der Waals surface area contributed by atoms with E-state index < -0.39 is 17.6 Å². The number of nitrogens with zero attached hydrogens (tertiary/aromatic N) is 2. The van der Waals surface area contributed by atoms with Gasteiger partial charge in [0.15, 0.2) is 5.82 Å². The van der Waals surface area contributed by atoms with Gasteiger partial charge in [-0.1, -0.05) is 11.6 Å². The van der Waals surface area contributed by atoms with E-state index in [1.165, 1.54) is 16.8 Å². The van der Waals surface area contributed by atoms with Crippen molar-refractivity contribution in [3.05, 3.63) is 71.1 Å². The Morgan fingerprint density at radius 3 is 2.54 bits per heavy atom. The summed E-state index contributed by atoms with van der Waals surface area (Å²) >= 11 is 5.96. The van der Waals surface area contributed by atoms with Crippen LogP contribution in [0, 0.1) is 0 Å². The van der Waals surface area contributed by atoms with Gasteiger partial charge in [0.2, 0.25) is 0 Å². The summed E-state index contributed by atoms with van der Waals surface area (Å²) < 4.78 is 44.7. The molecule has 0 aliphatic carbocycles. The van der Waals surface area contributed by atoms with E-state index in [1.54, 1.807) is 37.4 Å². The molecule has 0 radical (unpaired) electrons. The van der Waals surface area contributed by atoms with Crippen molar-refractivity contribution in [3.63, 3.8) is 0 Å². The van der Waals surface area contributed by atoms with Gasteiger partial charge in [0.1, 0.15) is 11.4 Å². The van der Waals surface area contributed by atoms with Gasteiger partial charge in [-0.2, -0.15) is 13.2 Å². The average molecular weight is 411 g/mol. The molecular weight excluding hydrogens is 397 g/mol. The predicted molar refractivity (Wildman–Crippen MR) is 97.7 cm³/mol. The van der Waals surface area contributed by atoms with Crippen LogP contribution in [-0.2, 0) is 6.18 Å². The minimum atomic E-state index is -4.56. The molecule has 1 aromatic carbocycles. The quantitative estimate of drug-likeness (QED) is 0.615. The van der Waals surface area contributed by atoms with Gasteiger partial charge < -0.3 is 4.74 Å². The number of halogens is 4. The maximum absolute atomic E-state index is 12.8. The topological polar surface area (TPSA) is 68.2 Å². The molecule has 0 unspecified atom stereocenters. The first-order chi connectivity index (χ1) is 13.3. The SMILES string of the molecule is COc1ccc(NNC(=O)c2cccn2-c2ncc(C(F)(F)F)cc2Cl)cc1. The lowest BCUT2D eigenvalue weighted by Crippen LogP contribution is -2.31. The number of anilines is 1. The van der Waals surface area contributed by atoms with E-state index >= 15 is 0 Å². The van der Waals surface area contributed by atoms with Crippen molar-refractivity contribution >= 4 is 23.2 Å². The molecule has 3 rings (SSSR count). The summed E-state index contributed by atoms with van der Waals surface area (Å²) in [6.45, 7) is 0. The molecule has 0 atom stereocenters. The Balaban J connectivity index is 1.78. The van der Waals surface area contributed by atoms with Crippen LogP contribution in [0.1, 0.15) is 16.1 Å². The maximum atomic E-state index is 12.8. The second-order valence-electron chi connectivity index (χ2n) is 5.60. The Bertz CT molecular complexity index is 987. The molecule has 0 saturated heterocycles. The average Bonchev–Trinajstić information content (AvgIpc) is 3.15. The van der Waals surface area contributed by atoms with Crippen LogP contribution in [0.5, 0.6) is 5.75 Å². The number of hydrogen-bond acceptors (Lipinski definition) is 4. The number of amides is 1. The van der Waals surface area contributed by atoms with E-state index in [-0.39, 0.29) is 16.5 Å². The number of benzene rings is 1. The zero-order valence-corrected chi connectivity index (χ0v) is 15.2. The van der Waals surface area contributed by atoms with Gasteiger partial charge in [-0.15, -0.1) is 0 Å². The van der Waals surface area contributed by atoms with Crippen LogP contribution in [0.3, 0.4) is 0 Å². The molecule has 0 saturated carbocycles. The molecule has 28 heavy (non-hydrogen) atoms. The smallest absolute Gasteiger partial charge is 0.417 e. The molecule has 10 heteroatoms. The van der Waals surface area contributed by atoms with E-state index in [0.29, 0.717) is 17.6 Å². The molecule has 0 aliphatic heterocycles. The minimum absolute atomic E-state index is 0.00858. The lowest BCUT2D eigenvalue weighted by molar-refractivity contribution is -0.137. The first-order valence-electron chi connectivity index (χ1n) is 7.90. The number of pyridine rings is 1.